The minimum atomic E-state index is 0. The van der Waals surface area contributed by atoms with E-state index in [1.807, 2.05) is 0 Å². The van der Waals surface area contributed by atoms with Gasteiger partial charge in [-0.15, -0.1) is 12.4 Å². The van der Waals surface area contributed by atoms with Crippen LogP contribution in [0.1, 0.15) is 130 Å². The summed E-state index contributed by atoms with van der Waals surface area (Å²) in [6.07, 6.45) is 21.4. The van der Waals surface area contributed by atoms with Crippen LogP contribution in [-0.4, -0.2) is 5.54 Å². The lowest BCUT2D eigenvalue weighted by molar-refractivity contribution is 0.199. The lowest BCUT2D eigenvalue weighted by Gasteiger charge is -2.38. The summed E-state index contributed by atoms with van der Waals surface area (Å²) in [5.41, 5.74) is 7.15. The molecule has 0 aromatic rings. The fraction of sp³-hybridized carbons (Fsp3) is 1.00. The second-order valence-electron chi connectivity index (χ2n) is 7.81. The van der Waals surface area contributed by atoms with Crippen molar-refractivity contribution < 1.29 is 0 Å². The summed E-state index contributed by atoms with van der Waals surface area (Å²) in [6, 6.07) is 0. The summed E-state index contributed by atoms with van der Waals surface area (Å²) in [5.74, 6) is 0.739. The largest absolute Gasteiger partial charge is 0.325 e. The number of hydrogen-bond acceptors (Lipinski definition) is 1. The van der Waals surface area contributed by atoms with Crippen LogP contribution in [0, 0.1) is 5.92 Å². The van der Waals surface area contributed by atoms with Crippen molar-refractivity contribution >= 4 is 12.4 Å². The molecule has 1 nitrogen and oxygen atoms in total. The Hall–Kier alpha value is 0.250. The molecule has 1 atom stereocenters. The van der Waals surface area contributed by atoms with Gasteiger partial charge in [-0.25, -0.2) is 0 Å². The summed E-state index contributed by atoms with van der Waals surface area (Å²) in [4.78, 5) is 0. The number of unbranched alkanes of at least 4 members (excludes halogenated alkanes) is 9. The first-order valence-electron chi connectivity index (χ1n) is 10.9. The first kappa shape index (κ1) is 26.5. The molecule has 0 aliphatic heterocycles. The molecule has 0 heterocycles. The van der Waals surface area contributed by atoms with Gasteiger partial charge in [-0.2, -0.15) is 0 Å². The van der Waals surface area contributed by atoms with E-state index in [2.05, 4.69) is 27.7 Å². The van der Waals surface area contributed by atoms with E-state index in [4.69, 9.17) is 5.73 Å². The highest BCUT2D eigenvalue weighted by Gasteiger charge is 2.32. The van der Waals surface area contributed by atoms with Gasteiger partial charge in [0.25, 0.3) is 0 Å². The van der Waals surface area contributed by atoms with Crippen LogP contribution in [0.2, 0.25) is 0 Å². The summed E-state index contributed by atoms with van der Waals surface area (Å²) in [6.45, 7) is 9.25. The third-order valence-electron chi connectivity index (χ3n) is 5.70. The maximum Gasteiger partial charge on any atom is 0.0182 e. The Morgan fingerprint density at radius 2 is 1.04 bits per heavy atom. The molecular weight excluding hydrogens is 314 g/mol. The van der Waals surface area contributed by atoms with Crippen LogP contribution >= 0.6 is 12.4 Å². The fourth-order valence-electron chi connectivity index (χ4n) is 4.01. The van der Waals surface area contributed by atoms with Gasteiger partial charge < -0.3 is 5.73 Å². The van der Waals surface area contributed by atoms with Crippen LogP contribution < -0.4 is 5.73 Å². The third-order valence-corrected chi connectivity index (χ3v) is 5.70. The van der Waals surface area contributed by atoms with Gasteiger partial charge >= 0.3 is 0 Å². The van der Waals surface area contributed by atoms with Crippen molar-refractivity contribution in [3.8, 4) is 0 Å². The van der Waals surface area contributed by atoms with E-state index in [0.29, 0.717) is 0 Å². The highest BCUT2D eigenvalue weighted by molar-refractivity contribution is 5.85. The predicted molar refractivity (Wildman–Crippen MR) is 114 cm³/mol. The molecule has 0 rings (SSSR count). The number of rotatable bonds is 17. The molecular formula is C22H48ClN. The zero-order chi connectivity index (χ0) is 17.4. The molecule has 0 aromatic heterocycles. The van der Waals surface area contributed by atoms with Crippen LogP contribution in [0.15, 0.2) is 0 Å². The lowest BCUT2D eigenvalue weighted by Crippen LogP contribution is -2.47. The van der Waals surface area contributed by atoms with Crippen LogP contribution in [-0.2, 0) is 0 Å². The van der Waals surface area contributed by atoms with Crippen molar-refractivity contribution in [3.63, 3.8) is 0 Å². The average Bonchev–Trinajstić information content (AvgIpc) is 2.56. The first-order chi connectivity index (χ1) is 11.1. The van der Waals surface area contributed by atoms with Crippen molar-refractivity contribution in [2.75, 3.05) is 0 Å². The maximum atomic E-state index is 7.03. The molecule has 148 valence electrons. The quantitative estimate of drug-likeness (QED) is 0.260. The molecule has 0 spiro atoms. The normalized spacial score (nSPS) is 12.9. The van der Waals surface area contributed by atoms with Crippen molar-refractivity contribution in [2.45, 2.75) is 136 Å². The van der Waals surface area contributed by atoms with Crippen molar-refractivity contribution in [3.05, 3.63) is 0 Å². The topological polar surface area (TPSA) is 26.0 Å². The zero-order valence-electron chi connectivity index (χ0n) is 17.4. The van der Waals surface area contributed by atoms with E-state index in [0.717, 1.165) is 5.92 Å². The number of hydrogen-bond donors (Lipinski definition) is 1. The SMILES string of the molecule is CCCCCCC(CC)C(N)(CCCCCC)CCCCCC.Cl. The van der Waals surface area contributed by atoms with Gasteiger partial charge in [0.15, 0.2) is 0 Å². The Labute approximate surface area is 160 Å². The van der Waals surface area contributed by atoms with Crippen LogP contribution in [0.3, 0.4) is 0 Å². The molecule has 0 saturated heterocycles. The van der Waals surface area contributed by atoms with Gasteiger partial charge in [0.2, 0.25) is 0 Å². The molecule has 0 fully saturated rings. The molecule has 0 aromatic carbocycles. The van der Waals surface area contributed by atoms with Crippen LogP contribution in [0.25, 0.3) is 0 Å². The zero-order valence-corrected chi connectivity index (χ0v) is 18.2. The van der Waals surface area contributed by atoms with Crippen molar-refractivity contribution in [2.24, 2.45) is 11.7 Å². The Balaban J connectivity index is 0. The smallest absolute Gasteiger partial charge is 0.0182 e. The average molecular weight is 362 g/mol. The Kier molecular flexibility index (Phi) is 19.9. The van der Waals surface area contributed by atoms with Gasteiger partial charge in [-0.05, 0) is 25.2 Å². The minimum absolute atomic E-state index is 0. The Bertz CT molecular complexity index is 230. The molecule has 1 unspecified atom stereocenters. The van der Waals surface area contributed by atoms with Gasteiger partial charge in [0.1, 0.15) is 0 Å². The molecule has 0 radical (unpaired) electrons. The lowest BCUT2D eigenvalue weighted by atomic mass is 9.73. The summed E-state index contributed by atoms with van der Waals surface area (Å²) >= 11 is 0. The van der Waals surface area contributed by atoms with Crippen LogP contribution in [0.4, 0.5) is 0 Å². The van der Waals surface area contributed by atoms with Gasteiger partial charge in [0.05, 0.1) is 0 Å². The predicted octanol–water partition coefficient (Wildman–Crippen LogP) is 8.04. The second-order valence-corrected chi connectivity index (χ2v) is 7.81. The van der Waals surface area contributed by atoms with Crippen LogP contribution in [0.5, 0.6) is 0 Å². The Morgan fingerprint density at radius 3 is 1.42 bits per heavy atom. The van der Waals surface area contributed by atoms with E-state index in [9.17, 15) is 0 Å². The molecule has 0 amide bonds. The van der Waals surface area contributed by atoms with Gasteiger partial charge in [-0.3, -0.25) is 0 Å². The summed E-state index contributed by atoms with van der Waals surface area (Å²) in [5, 5.41) is 0. The van der Waals surface area contributed by atoms with E-state index >= 15 is 0 Å². The molecule has 0 aliphatic rings. The third kappa shape index (κ3) is 12.6. The van der Waals surface area contributed by atoms with Gasteiger partial charge in [0, 0.05) is 5.54 Å². The molecule has 2 N–H and O–H groups in total. The molecule has 2 heteroatoms. The maximum absolute atomic E-state index is 7.03. The number of halogens is 1. The van der Waals surface area contributed by atoms with E-state index in [1.165, 1.54) is 103 Å². The highest BCUT2D eigenvalue weighted by atomic mass is 35.5. The second kappa shape index (κ2) is 18.1. The van der Waals surface area contributed by atoms with Crippen molar-refractivity contribution in [1.29, 1.82) is 0 Å². The monoisotopic (exact) mass is 361 g/mol. The fourth-order valence-corrected chi connectivity index (χ4v) is 4.01. The Morgan fingerprint density at radius 1 is 0.625 bits per heavy atom. The van der Waals surface area contributed by atoms with E-state index < -0.39 is 0 Å². The summed E-state index contributed by atoms with van der Waals surface area (Å²) < 4.78 is 0. The van der Waals surface area contributed by atoms with E-state index in [-0.39, 0.29) is 17.9 Å². The number of nitrogens with two attached hydrogens (primary N) is 1. The standard InChI is InChI=1S/C22H47N.ClH/c1-5-9-12-15-18-21(8-4)22(23,19-16-13-10-6-2)20-17-14-11-7-3;/h21H,5-20,23H2,1-4H3;1H. The molecule has 0 aliphatic carbocycles. The molecule has 0 saturated carbocycles. The summed E-state index contributed by atoms with van der Waals surface area (Å²) in [7, 11) is 0. The first-order valence-corrected chi connectivity index (χ1v) is 10.9. The van der Waals surface area contributed by atoms with Gasteiger partial charge in [-0.1, -0.05) is 111 Å². The highest BCUT2D eigenvalue weighted by Crippen LogP contribution is 2.33. The molecule has 24 heavy (non-hydrogen) atoms. The van der Waals surface area contributed by atoms with E-state index in [1.54, 1.807) is 0 Å². The minimum Gasteiger partial charge on any atom is -0.325 e. The van der Waals surface area contributed by atoms with Crippen molar-refractivity contribution in [1.82, 2.24) is 0 Å². The molecule has 0 bridgehead atoms.